The summed E-state index contributed by atoms with van der Waals surface area (Å²) >= 11 is 0. The van der Waals surface area contributed by atoms with E-state index in [4.69, 9.17) is 0 Å². The summed E-state index contributed by atoms with van der Waals surface area (Å²) in [5.74, 6) is -0.180. The monoisotopic (exact) mass is 237 g/mol. The molecule has 0 saturated carbocycles. The molecule has 0 spiro atoms. The highest BCUT2D eigenvalue weighted by Crippen LogP contribution is 2.33. The fraction of sp³-hybridized carbons (Fsp3) is 0.538. The third-order valence-electron chi connectivity index (χ3n) is 3.10. The molecular weight excluding hydrogens is 217 g/mol. The zero-order valence-corrected chi connectivity index (χ0v) is 10.7. The van der Waals surface area contributed by atoms with Crippen molar-refractivity contribution in [2.24, 2.45) is 0 Å². The summed E-state index contributed by atoms with van der Waals surface area (Å²) in [6.45, 7) is 3.06. The van der Waals surface area contributed by atoms with Crippen molar-refractivity contribution in [1.82, 2.24) is 0 Å². The van der Waals surface area contributed by atoms with Gasteiger partial charge in [0.2, 0.25) is 0 Å². The molecule has 1 aromatic rings. The zero-order valence-electron chi connectivity index (χ0n) is 10.7. The van der Waals surface area contributed by atoms with Crippen LogP contribution in [0.15, 0.2) is 12.1 Å². The Morgan fingerprint density at radius 2 is 2.12 bits per heavy atom. The molecule has 0 aliphatic carbocycles. The number of benzene rings is 1. The van der Waals surface area contributed by atoms with E-state index in [0.29, 0.717) is 11.7 Å². The summed E-state index contributed by atoms with van der Waals surface area (Å²) < 4.78 is 13.8. The summed E-state index contributed by atoms with van der Waals surface area (Å²) in [7, 11) is 3.70. The number of anilines is 3. The highest BCUT2D eigenvalue weighted by atomic mass is 19.1. The van der Waals surface area contributed by atoms with Gasteiger partial charge in [-0.15, -0.1) is 0 Å². The van der Waals surface area contributed by atoms with Crippen LogP contribution < -0.4 is 15.5 Å². The van der Waals surface area contributed by atoms with Crippen LogP contribution in [0.1, 0.15) is 19.8 Å². The molecule has 1 aromatic carbocycles. The van der Waals surface area contributed by atoms with Crippen molar-refractivity contribution in [3.05, 3.63) is 17.9 Å². The van der Waals surface area contributed by atoms with Gasteiger partial charge in [-0.25, -0.2) is 4.39 Å². The van der Waals surface area contributed by atoms with Crippen LogP contribution in [0, 0.1) is 5.82 Å². The molecule has 0 bridgehead atoms. The second-order valence-corrected chi connectivity index (χ2v) is 4.75. The molecule has 3 nitrogen and oxygen atoms in total. The molecule has 1 aliphatic rings. The largest absolute Gasteiger partial charge is 0.381 e. The molecule has 2 N–H and O–H groups in total. The average Bonchev–Trinajstić information content (AvgIpc) is 2.28. The first-order valence-corrected chi connectivity index (χ1v) is 6.13. The SMILES string of the molecule is CCCC1CNc2cc(N(C)C)c(F)cc2N1. The highest BCUT2D eigenvalue weighted by molar-refractivity contribution is 5.76. The molecular formula is C13H20FN3. The first kappa shape index (κ1) is 12.0. The van der Waals surface area contributed by atoms with Crippen LogP contribution in [-0.2, 0) is 0 Å². The van der Waals surface area contributed by atoms with Crippen LogP contribution in [-0.4, -0.2) is 26.7 Å². The minimum Gasteiger partial charge on any atom is -0.381 e. The summed E-state index contributed by atoms with van der Waals surface area (Å²) in [5, 5.41) is 6.75. The van der Waals surface area contributed by atoms with Crippen LogP contribution in [0.3, 0.4) is 0 Å². The smallest absolute Gasteiger partial charge is 0.148 e. The van der Waals surface area contributed by atoms with Crippen molar-refractivity contribution in [3.8, 4) is 0 Å². The first-order chi connectivity index (χ1) is 8.11. The van der Waals surface area contributed by atoms with Crippen molar-refractivity contribution in [2.45, 2.75) is 25.8 Å². The Balaban J connectivity index is 2.25. The van der Waals surface area contributed by atoms with Crippen molar-refractivity contribution in [1.29, 1.82) is 0 Å². The maximum Gasteiger partial charge on any atom is 0.148 e. The fourth-order valence-corrected chi connectivity index (χ4v) is 2.20. The van der Waals surface area contributed by atoms with E-state index < -0.39 is 0 Å². The van der Waals surface area contributed by atoms with E-state index >= 15 is 0 Å². The van der Waals surface area contributed by atoms with Crippen LogP contribution in [0.4, 0.5) is 21.5 Å². The van der Waals surface area contributed by atoms with Crippen LogP contribution in [0.2, 0.25) is 0 Å². The van der Waals surface area contributed by atoms with Crippen molar-refractivity contribution in [2.75, 3.05) is 36.2 Å². The van der Waals surface area contributed by atoms with Gasteiger partial charge in [-0.2, -0.15) is 0 Å². The molecule has 1 heterocycles. The lowest BCUT2D eigenvalue weighted by molar-refractivity contribution is 0.621. The molecule has 0 fully saturated rings. The summed E-state index contributed by atoms with van der Waals surface area (Å²) in [4.78, 5) is 1.79. The van der Waals surface area contributed by atoms with E-state index in [1.165, 1.54) is 0 Å². The van der Waals surface area contributed by atoms with E-state index in [2.05, 4.69) is 17.6 Å². The predicted molar refractivity (Wildman–Crippen MR) is 71.5 cm³/mol. The summed E-state index contributed by atoms with van der Waals surface area (Å²) in [6.07, 6.45) is 2.23. The molecule has 2 rings (SSSR count). The third-order valence-corrected chi connectivity index (χ3v) is 3.10. The Labute approximate surface area is 102 Å². The quantitative estimate of drug-likeness (QED) is 0.846. The molecule has 1 aliphatic heterocycles. The lowest BCUT2D eigenvalue weighted by Crippen LogP contribution is -2.33. The Bertz CT molecular complexity index is 404. The Hall–Kier alpha value is -1.45. The van der Waals surface area contributed by atoms with Gasteiger partial charge < -0.3 is 15.5 Å². The van der Waals surface area contributed by atoms with Crippen LogP contribution in [0.25, 0.3) is 0 Å². The minimum atomic E-state index is -0.180. The molecule has 4 heteroatoms. The maximum atomic E-state index is 13.8. The standard InChI is InChI=1S/C13H20FN3/c1-4-5-9-8-15-11-7-13(17(2)3)10(14)6-12(11)16-9/h6-7,9,15-16H,4-5,8H2,1-3H3. The van der Waals surface area contributed by atoms with Gasteiger partial charge in [-0.05, 0) is 12.5 Å². The predicted octanol–water partition coefficient (Wildman–Crippen LogP) is 2.90. The normalized spacial score (nSPS) is 18.0. The van der Waals surface area contributed by atoms with Gasteiger partial charge in [0, 0.05) is 32.7 Å². The molecule has 0 radical (unpaired) electrons. The van der Waals surface area contributed by atoms with Gasteiger partial charge >= 0.3 is 0 Å². The first-order valence-electron chi connectivity index (χ1n) is 6.13. The number of fused-ring (bicyclic) bond motifs is 1. The van der Waals surface area contributed by atoms with Gasteiger partial charge in [0.1, 0.15) is 5.82 Å². The second-order valence-electron chi connectivity index (χ2n) is 4.75. The van der Waals surface area contributed by atoms with Crippen molar-refractivity contribution < 1.29 is 4.39 Å². The van der Waals surface area contributed by atoms with Gasteiger partial charge in [0.05, 0.1) is 17.1 Å². The van der Waals surface area contributed by atoms with Crippen molar-refractivity contribution >= 4 is 17.1 Å². The minimum absolute atomic E-state index is 0.180. The van der Waals surface area contributed by atoms with E-state index in [0.717, 1.165) is 30.8 Å². The van der Waals surface area contributed by atoms with E-state index in [1.54, 1.807) is 11.0 Å². The van der Waals surface area contributed by atoms with Crippen LogP contribution >= 0.6 is 0 Å². The number of hydrogen-bond acceptors (Lipinski definition) is 3. The molecule has 0 saturated heterocycles. The number of nitrogens with zero attached hydrogens (tertiary/aromatic N) is 1. The van der Waals surface area contributed by atoms with Gasteiger partial charge in [0.15, 0.2) is 0 Å². The molecule has 1 unspecified atom stereocenters. The third kappa shape index (κ3) is 2.46. The zero-order chi connectivity index (χ0) is 12.4. The van der Waals surface area contributed by atoms with Gasteiger partial charge in [-0.3, -0.25) is 0 Å². The molecule has 0 aromatic heterocycles. The fourth-order valence-electron chi connectivity index (χ4n) is 2.20. The maximum absolute atomic E-state index is 13.8. The second kappa shape index (κ2) is 4.82. The number of rotatable bonds is 3. The van der Waals surface area contributed by atoms with Gasteiger partial charge in [0.25, 0.3) is 0 Å². The van der Waals surface area contributed by atoms with Gasteiger partial charge in [-0.1, -0.05) is 13.3 Å². The molecule has 1 atom stereocenters. The average molecular weight is 237 g/mol. The Kier molecular flexibility index (Phi) is 3.41. The van der Waals surface area contributed by atoms with E-state index in [-0.39, 0.29) is 5.82 Å². The Morgan fingerprint density at radius 3 is 2.76 bits per heavy atom. The lowest BCUT2D eigenvalue weighted by Gasteiger charge is -2.29. The Morgan fingerprint density at radius 1 is 1.35 bits per heavy atom. The molecule has 17 heavy (non-hydrogen) atoms. The van der Waals surface area contributed by atoms with E-state index in [9.17, 15) is 4.39 Å². The van der Waals surface area contributed by atoms with Crippen LogP contribution in [0.5, 0.6) is 0 Å². The molecule has 94 valence electrons. The number of hydrogen-bond donors (Lipinski definition) is 2. The number of halogens is 1. The topological polar surface area (TPSA) is 27.3 Å². The summed E-state index contributed by atoms with van der Waals surface area (Å²) in [6, 6.07) is 3.84. The number of nitrogens with one attached hydrogen (secondary N) is 2. The highest BCUT2D eigenvalue weighted by Gasteiger charge is 2.19. The molecule has 0 amide bonds. The lowest BCUT2D eigenvalue weighted by atomic mass is 10.1. The van der Waals surface area contributed by atoms with Crippen molar-refractivity contribution in [3.63, 3.8) is 0 Å². The summed E-state index contributed by atoms with van der Waals surface area (Å²) in [5.41, 5.74) is 2.48. The van der Waals surface area contributed by atoms with E-state index in [1.807, 2.05) is 20.2 Å².